The topological polar surface area (TPSA) is 42.0 Å². The van der Waals surface area contributed by atoms with Crippen LogP contribution in [0.25, 0.3) is 10.6 Å². The number of hydrogen-bond donors (Lipinski definition) is 1. The van der Waals surface area contributed by atoms with Crippen LogP contribution in [0.2, 0.25) is 0 Å². The Labute approximate surface area is 156 Å². The second-order valence-electron chi connectivity index (χ2n) is 5.69. The first-order valence-corrected chi connectivity index (χ1v) is 8.82. The van der Waals surface area contributed by atoms with E-state index in [2.05, 4.69) is 10.3 Å². The minimum atomic E-state index is -4.73. The number of nitrogens with zero attached hydrogens (tertiary/aromatic N) is 1. The van der Waals surface area contributed by atoms with Crippen LogP contribution in [0.1, 0.15) is 20.9 Å². The molecule has 0 saturated carbocycles. The molecular formula is C19H14F4N2OS. The summed E-state index contributed by atoms with van der Waals surface area (Å²) in [6.45, 7) is 0.125. The average molecular weight is 394 g/mol. The summed E-state index contributed by atoms with van der Waals surface area (Å²) in [6, 6.07) is 14.1. The normalized spacial score (nSPS) is 11.4. The van der Waals surface area contributed by atoms with Crippen molar-refractivity contribution in [3.05, 3.63) is 76.5 Å². The van der Waals surface area contributed by atoms with Crippen LogP contribution in [0.15, 0.2) is 54.6 Å². The van der Waals surface area contributed by atoms with Crippen molar-refractivity contribution in [1.82, 2.24) is 10.3 Å². The van der Waals surface area contributed by atoms with Crippen LogP contribution < -0.4 is 5.32 Å². The molecular weight excluding hydrogens is 380 g/mol. The molecule has 0 unspecified atom stereocenters. The van der Waals surface area contributed by atoms with Crippen molar-refractivity contribution in [3.8, 4) is 10.6 Å². The van der Waals surface area contributed by atoms with Gasteiger partial charge in [-0.25, -0.2) is 9.37 Å². The van der Waals surface area contributed by atoms with E-state index in [9.17, 15) is 22.4 Å². The van der Waals surface area contributed by atoms with E-state index in [1.165, 1.54) is 12.1 Å². The molecule has 3 nitrogen and oxygen atoms in total. The molecule has 27 heavy (non-hydrogen) atoms. The van der Waals surface area contributed by atoms with E-state index in [0.717, 1.165) is 5.56 Å². The van der Waals surface area contributed by atoms with Crippen molar-refractivity contribution in [1.29, 1.82) is 0 Å². The van der Waals surface area contributed by atoms with E-state index in [0.29, 0.717) is 23.3 Å². The van der Waals surface area contributed by atoms with E-state index in [1.54, 1.807) is 42.5 Å². The molecule has 0 aliphatic carbocycles. The van der Waals surface area contributed by atoms with Gasteiger partial charge in [-0.3, -0.25) is 4.79 Å². The highest BCUT2D eigenvalue weighted by Gasteiger charge is 2.39. The average Bonchev–Trinajstić information content (AvgIpc) is 3.10. The lowest BCUT2D eigenvalue weighted by Gasteiger charge is -2.07. The minimum Gasteiger partial charge on any atom is -0.351 e. The van der Waals surface area contributed by atoms with E-state index in [4.69, 9.17) is 0 Å². The maximum Gasteiger partial charge on any atom is 0.435 e. The summed E-state index contributed by atoms with van der Waals surface area (Å²) in [4.78, 5) is 15.5. The van der Waals surface area contributed by atoms with Gasteiger partial charge in [0.15, 0.2) is 5.69 Å². The number of amides is 1. The Bertz CT molecular complexity index is 921. The second kappa shape index (κ2) is 7.87. The summed E-state index contributed by atoms with van der Waals surface area (Å²) in [5.74, 6) is -1.21. The van der Waals surface area contributed by atoms with E-state index >= 15 is 0 Å². The maximum absolute atomic E-state index is 13.3. The Morgan fingerprint density at radius 2 is 1.70 bits per heavy atom. The first-order valence-electron chi connectivity index (χ1n) is 8.00. The third kappa shape index (κ3) is 4.71. The van der Waals surface area contributed by atoms with Crippen LogP contribution >= 0.6 is 11.3 Å². The van der Waals surface area contributed by atoms with Crippen LogP contribution in [-0.4, -0.2) is 17.4 Å². The van der Waals surface area contributed by atoms with Gasteiger partial charge in [0.25, 0.3) is 5.91 Å². The summed E-state index contributed by atoms with van der Waals surface area (Å²) >= 11 is 0.703. The smallest absolute Gasteiger partial charge is 0.351 e. The minimum absolute atomic E-state index is 0.125. The lowest BCUT2D eigenvalue weighted by atomic mass is 10.1. The highest BCUT2D eigenvalue weighted by molar-refractivity contribution is 7.17. The highest BCUT2D eigenvalue weighted by atomic mass is 32.1. The first-order chi connectivity index (χ1) is 12.8. The Kier molecular flexibility index (Phi) is 5.55. The highest BCUT2D eigenvalue weighted by Crippen LogP contribution is 2.37. The standard InChI is InChI=1S/C19H14F4N2OS/c20-14-8-6-12(7-9-14)10-11-24-17(26)15-16(19(21,22)23)25-18(27-15)13-4-2-1-3-5-13/h1-9H,10-11H2,(H,24,26). The van der Waals surface area contributed by atoms with Crippen LogP contribution in [0.5, 0.6) is 0 Å². The lowest BCUT2D eigenvalue weighted by Crippen LogP contribution is -2.27. The third-order valence-corrected chi connectivity index (χ3v) is 4.84. The van der Waals surface area contributed by atoms with Gasteiger partial charge in [-0.1, -0.05) is 42.5 Å². The van der Waals surface area contributed by atoms with Gasteiger partial charge in [-0.05, 0) is 24.1 Å². The number of carbonyl (C=O) groups is 1. The number of alkyl halides is 3. The molecule has 3 aromatic rings. The van der Waals surface area contributed by atoms with Crippen LogP contribution in [-0.2, 0) is 12.6 Å². The fraction of sp³-hybridized carbons (Fsp3) is 0.158. The molecule has 0 atom stereocenters. The predicted octanol–water partition coefficient (Wildman–Crippen LogP) is 4.94. The third-order valence-electron chi connectivity index (χ3n) is 3.74. The largest absolute Gasteiger partial charge is 0.435 e. The molecule has 0 fully saturated rings. The number of benzene rings is 2. The summed E-state index contributed by atoms with van der Waals surface area (Å²) < 4.78 is 52.7. The molecule has 1 amide bonds. The zero-order valence-corrected chi connectivity index (χ0v) is 14.7. The quantitative estimate of drug-likeness (QED) is 0.623. The maximum atomic E-state index is 13.3. The molecule has 140 valence electrons. The van der Waals surface area contributed by atoms with Crippen molar-refractivity contribution in [2.24, 2.45) is 0 Å². The molecule has 0 spiro atoms. The molecule has 0 saturated heterocycles. The van der Waals surface area contributed by atoms with E-state index in [1.807, 2.05) is 0 Å². The second-order valence-corrected chi connectivity index (χ2v) is 6.69. The molecule has 3 rings (SSSR count). The van der Waals surface area contributed by atoms with Gasteiger partial charge < -0.3 is 5.32 Å². The molecule has 2 aromatic carbocycles. The molecule has 1 aromatic heterocycles. The molecule has 0 radical (unpaired) electrons. The van der Waals surface area contributed by atoms with Crippen molar-refractivity contribution < 1.29 is 22.4 Å². The summed E-state index contributed by atoms with van der Waals surface area (Å²) in [6.07, 6.45) is -4.36. The molecule has 1 N–H and O–H groups in total. The Balaban J connectivity index is 1.76. The molecule has 0 bridgehead atoms. The Morgan fingerprint density at radius 1 is 1.04 bits per heavy atom. The SMILES string of the molecule is O=C(NCCc1ccc(F)cc1)c1sc(-c2ccccc2)nc1C(F)(F)F. The van der Waals surface area contributed by atoms with Crippen molar-refractivity contribution in [2.45, 2.75) is 12.6 Å². The zero-order valence-electron chi connectivity index (χ0n) is 13.9. The van der Waals surface area contributed by atoms with Gasteiger partial charge in [-0.2, -0.15) is 13.2 Å². The van der Waals surface area contributed by atoms with Gasteiger partial charge in [0, 0.05) is 12.1 Å². The monoisotopic (exact) mass is 394 g/mol. The number of halogens is 4. The molecule has 8 heteroatoms. The van der Waals surface area contributed by atoms with Gasteiger partial charge >= 0.3 is 6.18 Å². The van der Waals surface area contributed by atoms with Crippen molar-refractivity contribution in [3.63, 3.8) is 0 Å². The fourth-order valence-electron chi connectivity index (χ4n) is 2.42. The number of carbonyl (C=O) groups excluding carboxylic acids is 1. The van der Waals surface area contributed by atoms with Crippen molar-refractivity contribution in [2.75, 3.05) is 6.54 Å². The molecule has 0 aliphatic heterocycles. The summed E-state index contributed by atoms with van der Waals surface area (Å²) in [5.41, 5.74) is 0.0889. The Morgan fingerprint density at radius 3 is 2.33 bits per heavy atom. The molecule has 1 heterocycles. The lowest BCUT2D eigenvalue weighted by molar-refractivity contribution is -0.141. The van der Waals surface area contributed by atoms with Crippen LogP contribution in [0.3, 0.4) is 0 Å². The number of aromatic nitrogens is 1. The van der Waals surface area contributed by atoms with E-state index in [-0.39, 0.29) is 17.4 Å². The summed E-state index contributed by atoms with van der Waals surface area (Å²) in [5, 5.41) is 2.61. The van der Waals surface area contributed by atoms with Crippen LogP contribution in [0.4, 0.5) is 17.6 Å². The zero-order chi connectivity index (χ0) is 19.4. The van der Waals surface area contributed by atoms with Gasteiger partial charge in [0.2, 0.25) is 0 Å². The number of nitrogens with one attached hydrogen (secondary N) is 1. The fourth-order valence-corrected chi connectivity index (χ4v) is 3.43. The van der Waals surface area contributed by atoms with Crippen LogP contribution in [0, 0.1) is 5.82 Å². The number of hydrogen-bond acceptors (Lipinski definition) is 3. The van der Waals surface area contributed by atoms with Gasteiger partial charge in [-0.15, -0.1) is 11.3 Å². The summed E-state index contributed by atoms with van der Waals surface area (Å²) in [7, 11) is 0. The predicted molar refractivity (Wildman–Crippen MR) is 95.0 cm³/mol. The van der Waals surface area contributed by atoms with E-state index < -0.39 is 22.7 Å². The first kappa shape index (κ1) is 19.0. The molecule has 0 aliphatic rings. The number of thiazole rings is 1. The van der Waals surface area contributed by atoms with Crippen molar-refractivity contribution >= 4 is 17.2 Å². The Hall–Kier alpha value is -2.74. The van der Waals surface area contributed by atoms with Gasteiger partial charge in [0.1, 0.15) is 15.7 Å². The van der Waals surface area contributed by atoms with Gasteiger partial charge in [0.05, 0.1) is 0 Å². The number of rotatable bonds is 5.